The first-order valence-electron chi connectivity index (χ1n) is 6.20. The third-order valence-electron chi connectivity index (χ3n) is 2.66. The Bertz CT molecular complexity index is 418. The standard InChI is InChI=1S/C14H20N2O3/c1-10(2)13(14(18)19-3)15-9-12(17)16-11-7-5-4-6-8-11/h4-8,10,13,15H,9H2,1-3H3,(H,16,17). The molecular formula is C14H20N2O3. The number of carbonyl (C=O) groups is 2. The van der Waals surface area contributed by atoms with Crippen molar-refractivity contribution in [3.8, 4) is 0 Å². The van der Waals surface area contributed by atoms with Crippen LogP contribution in [0.5, 0.6) is 0 Å². The molecule has 1 atom stereocenters. The zero-order valence-electron chi connectivity index (χ0n) is 11.5. The maximum atomic E-state index is 11.7. The predicted molar refractivity (Wildman–Crippen MR) is 73.7 cm³/mol. The van der Waals surface area contributed by atoms with Crippen LogP contribution in [0.1, 0.15) is 13.8 Å². The first-order valence-corrected chi connectivity index (χ1v) is 6.20. The maximum Gasteiger partial charge on any atom is 0.323 e. The summed E-state index contributed by atoms with van der Waals surface area (Å²) in [5, 5.41) is 5.64. The van der Waals surface area contributed by atoms with E-state index in [1.807, 2.05) is 32.0 Å². The lowest BCUT2D eigenvalue weighted by Crippen LogP contribution is -2.45. The van der Waals surface area contributed by atoms with Crippen molar-refractivity contribution in [1.82, 2.24) is 5.32 Å². The van der Waals surface area contributed by atoms with Crippen molar-refractivity contribution in [1.29, 1.82) is 0 Å². The average Bonchev–Trinajstić information content (AvgIpc) is 2.39. The highest BCUT2D eigenvalue weighted by atomic mass is 16.5. The van der Waals surface area contributed by atoms with E-state index in [-0.39, 0.29) is 24.3 Å². The van der Waals surface area contributed by atoms with Crippen molar-refractivity contribution >= 4 is 17.6 Å². The molecule has 0 spiro atoms. The van der Waals surface area contributed by atoms with Crippen molar-refractivity contribution in [2.75, 3.05) is 19.0 Å². The van der Waals surface area contributed by atoms with Gasteiger partial charge in [-0.05, 0) is 18.1 Å². The zero-order chi connectivity index (χ0) is 14.3. The highest BCUT2D eigenvalue weighted by Gasteiger charge is 2.22. The molecule has 19 heavy (non-hydrogen) atoms. The van der Waals surface area contributed by atoms with Crippen LogP contribution in [-0.2, 0) is 14.3 Å². The van der Waals surface area contributed by atoms with E-state index in [0.29, 0.717) is 0 Å². The number of para-hydroxylation sites is 1. The van der Waals surface area contributed by atoms with Gasteiger partial charge in [0, 0.05) is 5.69 Å². The molecule has 1 amide bonds. The number of methoxy groups -OCH3 is 1. The molecule has 5 heteroatoms. The van der Waals surface area contributed by atoms with Gasteiger partial charge in [-0.3, -0.25) is 14.9 Å². The molecule has 2 N–H and O–H groups in total. The van der Waals surface area contributed by atoms with E-state index in [1.165, 1.54) is 7.11 Å². The molecule has 0 fully saturated rings. The number of rotatable bonds is 6. The number of amides is 1. The number of benzene rings is 1. The van der Waals surface area contributed by atoms with Gasteiger partial charge in [0.1, 0.15) is 6.04 Å². The first-order chi connectivity index (χ1) is 9.04. The van der Waals surface area contributed by atoms with E-state index >= 15 is 0 Å². The number of hydrogen-bond acceptors (Lipinski definition) is 4. The Morgan fingerprint density at radius 3 is 2.37 bits per heavy atom. The summed E-state index contributed by atoms with van der Waals surface area (Å²) in [4.78, 5) is 23.2. The maximum absolute atomic E-state index is 11.7. The van der Waals surface area contributed by atoms with Gasteiger partial charge in [-0.1, -0.05) is 32.0 Å². The largest absolute Gasteiger partial charge is 0.468 e. The summed E-state index contributed by atoms with van der Waals surface area (Å²) in [6, 6.07) is 8.69. The normalized spacial score (nSPS) is 12.0. The number of ether oxygens (including phenoxy) is 1. The SMILES string of the molecule is COC(=O)C(NCC(=O)Nc1ccccc1)C(C)C. The van der Waals surface area contributed by atoms with Crippen LogP contribution >= 0.6 is 0 Å². The van der Waals surface area contributed by atoms with Crippen molar-refractivity contribution in [2.45, 2.75) is 19.9 Å². The van der Waals surface area contributed by atoms with Gasteiger partial charge in [-0.2, -0.15) is 0 Å². The lowest BCUT2D eigenvalue weighted by atomic mass is 10.0. The second-order valence-electron chi connectivity index (χ2n) is 4.54. The van der Waals surface area contributed by atoms with E-state index in [2.05, 4.69) is 10.6 Å². The van der Waals surface area contributed by atoms with E-state index in [1.54, 1.807) is 12.1 Å². The van der Waals surface area contributed by atoms with Crippen LogP contribution in [0.3, 0.4) is 0 Å². The molecule has 0 radical (unpaired) electrons. The molecule has 104 valence electrons. The zero-order valence-corrected chi connectivity index (χ0v) is 11.5. The van der Waals surface area contributed by atoms with Crippen molar-refractivity contribution in [2.24, 2.45) is 5.92 Å². The lowest BCUT2D eigenvalue weighted by molar-refractivity contribution is -0.144. The molecule has 0 aliphatic rings. The smallest absolute Gasteiger partial charge is 0.323 e. The Hall–Kier alpha value is -1.88. The molecule has 1 rings (SSSR count). The third-order valence-corrected chi connectivity index (χ3v) is 2.66. The Morgan fingerprint density at radius 1 is 1.21 bits per heavy atom. The summed E-state index contributed by atoms with van der Waals surface area (Å²) in [5.74, 6) is -0.500. The molecule has 1 aromatic carbocycles. The minimum atomic E-state index is -0.480. The van der Waals surface area contributed by atoms with E-state index in [4.69, 9.17) is 4.74 Å². The third kappa shape index (κ3) is 5.09. The van der Waals surface area contributed by atoms with Gasteiger partial charge in [0.15, 0.2) is 0 Å². The quantitative estimate of drug-likeness (QED) is 0.762. The summed E-state index contributed by atoms with van der Waals surface area (Å²) in [5.41, 5.74) is 0.730. The Labute approximate surface area is 113 Å². The van der Waals surface area contributed by atoms with Crippen molar-refractivity contribution in [3.05, 3.63) is 30.3 Å². The fraction of sp³-hybridized carbons (Fsp3) is 0.429. The van der Waals surface area contributed by atoms with Crippen LogP contribution in [0, 0.1) is 5.92 Å². The molecule has 0 aromatic heterocycles. The number of nitrogens with one attached hydrogen (secondary N) is 2. The fourth-order valence-corrected chi connectivity index (χ4v) is 1.65. The molecule has 1 unspecified atom stereocenters. The van der Waals surface area contributed by atoms with Gasteiger partial charge < -0.3 is 10.1 Å². The molecule has 0 heterocycles. The molecular weight excluding hydrogens is 244 g/mol. The molecule has 0 aliphatic carbocycles. The molecule has 1 aromatic rings. The van der Waals surface area contributed by atoms with Gasteiger partial charge in [0.05, 0.1) is 13.7 Å². The van der Waals surface area contributed by atoms with Gasteiger partial charge in [-0.15, -0.1) is 0 Å². The van der Waals surface area contributed by atoms with E-state index in [0.717, 1.165) is 5.69 Å². The lowest BCUT2D eigenvalue weighted by Gasteiger charge is -2.19. The molecule has 0 saturated carbocycles. The summed E-state index contributed by atoms with van der Waals surface area (Å²) >= 11 is 0. The summed E-state index contributed by atoms with van der Waals surface area (Å²) in [7, 11) is 1.34. The average molecular weight is 264 g/mol. The van der Waals surface area contributed by atoms with Crippen LogP contribution in [0.2, 0.25) is 0 Å². The van der Waals surface area contributed by atoms with Crippen LogP contribution in [0.25, 0.3) is 0 Å². The van der Waals surface area contributed by atoms with Crippen molar-refractivity contribution in [3.63, 3.8) is 0 Å². The minimum absolute atomic E-state index is 0.0528. The van der Waals surface area contributed by atoms with Gasteiger partial charge in [0.2, 0.25) is 5.91 Å². The van der Waals surface area contributed by atoms with Crippen LogP contribution in [0.15, 0.2) is 30.3 Å². The van der Waals surface area contributed by atoms with Gasteiger partial charge in [0.25, 0.3) is 0 Å². The highest BCUT2D eigenvalue weighted by molar-refractivity contribution is 5.92. The number of hydrogen-bond donors (Lipinski definition) is 2. The fourth-order valence-electron chi connectivity index (χ4n) is 1.65. The van der Waals surface area contributed by atoms with E-state index in [9.17, 15) is 9.59 Å². The van der Waals surface area contributed by atoms with Crippen molar-refractivity contribution < 1.29 is 14.3 Å². The molecule has 0 aliphatic heterocycles. The first kappa shape index (κ1) is 15.2. The van der Waals surface area contributed by atoms with Gasteiger partial charge >= 0.3 is 5.97 Å². The highest BCUT2D eigenvalue weighted by Crippen LogP contribution is 2.05. The second-order valence-corrected chi connectivity index (χ2v) is 4.54. The predicted octanol–water partition coefficient (Wildman–Crippen LogP) is 1.41. The topological polar surface area (TPSA) is 67.4 Å². The van der Waals surface area contributed by atoms with E-state index < -0.39 is 6.04 Å². The second kappa shape index (κ2) is 7.53. The molecule has 5 nitrogen and oxygen atoms in total. The Morgan fingerprint density at radius 2 is 1.84 bits per heavy atom. The summed E-state index contributed by atoms with van der Waals surface area (Å²) in [6.45, 7) is 3.85. The monoisotopic (exact) mass is 264 g/mol. The van der Waals surface area contributed by atoms with Crippen LogP contribution in [0.4, 0.5) is 5.69 Å². The van der Waals surface area contributed by atoms with Crippen LogP contribution < -0.4 is 10.6 Å². The number of carbonyl (C=O) groups excluding carboxylic acids is 2. The van der Waals surface area contributed by atoms with Gasteiger partial charge in [-0.25, -0.2) is 0 Å². The summed E-state index contributed by atoms with van der Waals surface area (Å²) < 4.78 is 4.69. The molecule has 0 bridgehead atoms. The summed E-state index contributed by atoms with van der Waals surface area (Å²) in [6.07, 6.45) is 0. The Kier molecular flexibility index (Phi) is 6.02. The number of anilines is 1. The molecule has 0 saturated heterocycles. The number of esters is 1. The van der Waals surface area contributed by atoms with Crippen LogP contribution in [-0.4, -0.2) is 31.6 Å². The minimum Gasteiger partial charge on any atom is -0.468 e. The Balaban J connectivity index is 2.46.